The molecule has 2 atom stereocenters. The van der Waals surface area contributed by atoms with Gasteiger partial charge in [0, 0.05) is 11.8 Å². The van der Waals surface area contributed by atoms with Crippen LogP contribution in [-0.2, 0) is 0 Å². The average Bonchev–Trinajstić information content (AvgIpc) is 2.75. The zero-order chi connectivity index (χ0) is 11.4. The monoisotopic (exact) mass is 230 g/mol. The van der Waals surface area contributed by atoms with Gasteiger partial charge in [-0.1, -0.05) is 0 Å². The van der Waals surface area contributed by atoms with E-state index in [1.54, 1.807) is 0 Å². The van der Waals surface area contributed by atoms with E-state index in [1.807, 2.05) is 0 Å². The zero-order valence-electron chi connectivity index (χ0n) is 7.02. The van der Waals surface area contributed by atoms with Crippen molar-refractivity contribution in [3.05, 3.63) is 0 Å². The molecule has 1 aliphatic heterocycles. The summed E-state index contributed by atoms with van der Waals surface area (Å²) in [6, 6.07) is 0. The second-order valence-electron chi connectivity index (χ2n) is 3.41. The second kappa shape index (κ2) is 2.73. The third-order valence-electron chi connectivity index (χ3n) is 2.34. The average molecular weight is 230 g/mol. The first-order valence-corrected chi connectivity index (χ1v) is 4.01. The van der Waals surface area contributed by atoms with Gasteiger partial charge in [-0.15, -0.1) is 10.2 Å². The lowest BCUT2D eigenvalue weighted by Gasteiger charge is -2.15. The van der Waals surface area contributed by atoms with Crippen LogP contribution in [0.2, 0.25) is 0 Å². The van der Waals surface area contributed by atoms with Gasteiger partial charge in [-0.2, -0.15) is 26.3 Å². The maximum Gasteiger partial charge on any atom is 0.431 e. The highest BCUT2D eigenvalue weighted by molar-refractivity contribution is 6.06. The lowest BCUT2D eigenvalue weighted by molar-refractivity contribution is -0.0665. The molecule has 0 saturated heterocycles. The lowest BCUT2D eigenvalue weighted by atomic mass is 10.1. The minimum absolute atomic E-state index is 0.170. The van der Waals surface area contributed by atoms with Gasteiger partial charge in [-0.25, -0.2) is 0 Å². The van der Waals surface area contributed by atoms with Crippen LogP contribution in [0.3, 0.4) is 0 Å². The van der Waals surface area contributed by atoms with Crippen molar-refractivity contribution in [2.75, 3.05) is 0 Å². The smallest absolute Gasteiger partial charge is 0.165 e. The molecule has 8 heteroatoms. The Morgan fingerprint density at radius 2 is 1.13 bits per heavy atom. The van der Waals surface area contributed by atoms with Crippen molar-refractivity contribution in [2.24, 2.45) is 22.0 Å². The Bertz CT molecular complexity index is 315. The van der Waals surface area contributed by atoms with E-state index in [0.29, 0.717) is 0 Å². The van der Waals surface area contributed by atoms with Crippen LogP contribution in [0.15, 0.2) is 10.2 Å². The Balaban J connectivity index is 2.31. The van der Waals surface area contributed by atoms with Crippen LogP contribution in [0, 0.1) is 11.8 Å². The van der Waals surface area contributed by atoms with E-state index in [-0.39, 0.29) is 6.42 Å². The highest BCUT2D eigenvalue weighted by atomic mass is 19.4. The van der Waals surface area contributed by atoms with Crippen molar-refractivity contribution in [3.63, 3.8) is 0 Å². The Kier molecular flexibility index (Phi) is 1.90. The van der Waals surface area contributed by atoms with Gasteiger partial charge < -0.3 is 0 Å². The van der Waals surface area contributed by atoms with Gasteiger partial charge in [-0.3, -0.25) is 0 Å². The summed E-state index contributed by atoms with van der Waals surface area (Å²) in [7, 11) is 0. The quantitative estimate of drug-likeness (QED) is 0.571. The highest BCUT2D eigenvalue weighted by Crippen LogP contribution is 2.50. The Labute approximate surface area is 79.7 Å². The van der Waals surface area contributed by atoms with Crippen molar-refractivity contribution in [1.29, 1.82) is 0 Å². The van der Waals surface area contributed by atoms with Gasteiger partial charge in [0.15, 0.2) is 0 Å². The molecule has 2 aliphatic rings. The van der Waals surface area contributed by atoms with E-state index in [1.165, 1.54) is 0 Å². The summed E-state index contributed by atoms with van der Waals surface area (Å²) in [5.41, 5.74) is -2.39. The molecule has 84 valence electrons. The second-order valence-corrected chi connectivity index (χ2v) is 3.41. The summed E-state index contributed by atoms with van der Waals surface area (Å²) >= 11 is 0. The number of hydrogen-bond donors (Lipinski definition) is 0. The van der Waals surface area contributed by atoms with Crippen molar-refractivity contribution in [3.8, 4) is 0 Å². The summed E-state index contributed by atoms with van der Waals surface area (Å²) in [5.74, 6) is -2.31. The Morgan fingerprint density at radius 1 is 0.800 bits per heavy atom. The molecule has 0 aromatic carbocycles. The van der Waals surface area contributed by atoms with Crippen LogP contribution >= 0.6 is 0 Å². The molecular weight excluding hydrogens is 226 g/mol. The molecule has 2 nitrogen and oxygen atoms in total. The van der Waals surface area contributed by atoms with Crippen LogP contribution < -0.4 is 0 Å². The predicted molar refractivity (Wildman–Crippen MR) is 38.6 cm³/mol. The van der Waals surface area contributed by atoms with E-state index in [9.17, 15) is 26.3 Å². The van der Waals surface area contributed by atoms with E-state index in [2.05, 4.69) is 10.2 Å². The molecule has 0 amide bonds. The summed E-state index contributed by atoms with van der Waals surface area (Å²) < 4.78 is 73.0. The molecule has 1 fully saturated rings. The van der Waals surface area contributed by atoms with Crippen molar-refractivity contribution >= 4 is 11.4 Å². The first-order valence-electron chi connectivity index (χ1n) is 4.01. The molecule has 0 aromatic rings. The number of hydrogen-bond acceptors (Lipinski definition) is 2. The van der Waals surface area contributed by atoms with E-state index in [0.717, 1.165) is 0 Å². The standard InChI is InChI=1S/C7H4F6N2/c8-6(9,10)4-2-1-3(2)5(15-14-4)7(11,12)13/h2-3H,1H2. The number of nitrogens with zero attached hydrogens (tertiary/aromatic N) is 2. The van der Waals surface area contributed by atoms with Crippen LogP contribution in [0.25, 0.3) is 0 Å². The van der Waals surface area contributed by atoms with Gasteiger partial charge in [-0.05, 0) is 6.42 Å². The molecule has 0 bridgehead atoms. The molecule has 1 saturated carbocycles. The molecule has 2 unspecified atom stereocenters. The third-order valence-corrected chi connectivity index (χ3v) is 2.34. The van der Waals surface area contributed by atoms with Gasteiger partial charge in [0.05, 0.1) is 0 Å². The van der Waals surface area contributed by atoms with E-state index in [4.69, 9.17) is 0 Å². The minimum Gasteiger partial charge on any atom is -0.165 e. The molecule has 15 heavy (non-hydrogen) atoms. The van der Waals surface area contributed by atoms with Crippen LogP contribution in [-0.4, -0.2) is 23.8 Å². The highest BCUT2D eigenvalue weighted by Gasteiger charge is 2.60. The van der Waals surface area contributed by atoms with Gasteiger partial charge in [0.25, 0.3) is 0 Å². The zero-order valence-corrected chi connectivity index (χ0v) is 7.02. The van der Waals surface area contributed by atoms with Crippen LogP contribution in [0.1, 0.15) is 6.42 Å². The SMILES string of the molecule is FC(F)(F)C1=NN=C(C(F)(F)F)C2CC12. The summed E-state index contributed by atoms with van der Waals surface area (Å²) in [6.07, 6.45) is -9.53. The summed E-state index contributed by atoms with van der Waals surface area (Å²) in [4.78, 5) is 0. The van der Waals surface area contributed by atoms with Gasteiger partial charge in [0.1, 0.15) is 11.4 Å². The maximum absolute atomic E-state index is 12.2. The van der Waals surface area contributed by atoms with E-state index < -0.39 is 35.6 Å². The molecule has 1 aliphatic carbocycles. The molecule has 0 spiro atoms. The molecule has 1 heterocycles. The predicted octanol–water partition coefficient (Wildman–Crippen LogP) is 2.56. The van der Waals surface area contributed by atoms with Gasteiger partial charge >= 0.3 is 12.4 Å². The Hall–Kier alpha value is -1.08. The van der Waals surface area contributed by atoms with Crippen molar-refractivity contribution in [1.82, 2.24) is 0 Å². The molecular formula is C7H4F6N2. The van der Waals surface area contributed by atoms with Crippen molar-refractivity contribution < 1.29 is 26.3 Å². The first-order chi connectivity index (χ1) is 6.71. The fraction of sp³-hybridized carbons (Fsp3) is 0.714. The fourth-order valence-corrected chi connectivity index (χ4v) is 1.59. The maximum atomic E-state index is 12.2. The van der Waals surface area contributed by atoms with Crippen LogP contribution in [0.5, 0.6) is 0 Å². The fourth-order valence-electron chi connectivity index (χ4n) is 1.59. The first kappa shape index (κ1) is 10.4. The lowest BCUT2D eigenvalue weighted by Crippen LogP contribution is -2.33. The molecule has 0 aromatic heterocycles. The molecule has 2 rings (SSSR count). The third kappa shape index (κ3) is 1.72. The summed E-state index contributed by atoms with van der Waals surface area (Å²) in [6.45, 7) is 0. The van der Waals surface area contributed by atoms with Gasteiger partial charge in [0.2, 0.25) is 0 Å². The molecule has 0 radical (unpaired) electrons. The summed E-state index contributed by atoms with van der Waals surface area (Å²) in [5, 5.41) is 5.26. The van der Waals surface area contributed by atoms with Crippen LogP contribution in [0.4, 0.5) is 26.3 Å². The number of alkyl halides is 6. The number of fused-ring (bicyclic) bond motifs is 1. The Morgan fingerprint density at radius 3 is 1.40 bits per heavy atom. The number of rotatable bonds is 0. The van der Waals surface area contributed by atoms with E-state index >= 15 is 0 Å². The largest absolute Gasteiger partial charge is 0.431 e. The molecule has 0 N–H and O–H groups in total. The normalized spacial score (nSPS) is 30.5. The minimum atomic E-state index is -4.68. The van der Waals surface area contributed by atoms with Crippen molar-refractivity contribution in [2.45, 2.75) is 18.8 Å². The number of halogens is 6. The topological polar surface area (TPSA) is 24.7 Å².